The number of anilines is 1. The highest BCUT2D eigenvalue weighted by Gasteiger charge is 2.21. The monoisotopic (exact) mass is 389 g/mol. The molecule has 0 saturated carbocycles. The molecule has 1 saturated heterocycles. The molecule has 29 heavy (non-hydrogen) atoms. The Kier molecular flexibility index (Phi) is 5.91. The van der Waals surface area contributed by atoms with Crippen LogP contribution in [-0.4, -0.2) is 65.3 Å². The summed E-state index contributed by atoms with van der Waals surface area (Å²) in [4.78, 5) is 19.1. The lowest BCUT2D eigenvalue weighted by atomic mass is 10.2. The van der Waals surface area contributed by atoms with E-state index >= 15 is 0 Å². The Morgan fingerprint density at radius 2 is 1.55 bits per heavy atom. The molecule has 6 heteroatoms. The van der Waals surface area contributed by atoms with Crippen LogP contribution in [0.4, 0.5) is 5.69 Å². The summed E-state index contributed by atoms with van der Waals surface area (Å²) >= 11 is 0. The maximum Gasteiger partial charge on any atom is 0.236 e. The van der Waals surface area contributed by atoms with E-state index < -0.39 is 0 Å². The average molecular weight is 390 g/mol. The molecular weight excluding hydrogens is 362 g/mol. The van der Waals surface area contributed by atoms with Gasteiger partial charge in [0.05, 0.1) is 18.4 Å². The summed E-state index contributed by atoms with van der Waals surface area (Å²) in [5.74, 6) is 0.144. The second-order valence-electron chi connectivity index (χ2n) is 7.48. The number of benzene rings is 2. The molecule has 6 nitrogen and oxygen atoms in total. The minimum atomic E-state index is 0.144. The van der Waals surface area contributed by atoms with Crippen molar-refractivity contribution in [3.8, 4) is 5.69 Å². The number of nitrogens with zero attached hydrogens (tertiary/aromatic N) is 5. The fraction of sp³-hybridized carbons (Fsp3) is 0.304. The van der Waals surface area contributed by atoms with Crippen molar-refractivity contribution >= 4 is 11.6 Å². The fourth-order valence-corrected chi connectivity index (χ4v) is 3.64. The van der Waals surface area contributed by atoms with E-state index in [0.717, 1.165) is 37.4 Å². The van der Waals surface area contributed by atoms with Crippen LogP contribution in [0.1, 0.15) is 5.56 Å². The van der Waals surface area contributed by atoms with Gasteiger partial charge in [-0.3, -0.25) is 9.69 Å². The van der Waals surface area contributed by atoms with E-state index in [1.165, 1.54) is 5.69 Å². The van der Waals surface area contributed by atoms with Crippen LogP contribution in [-0.2, 0) is 11.3 Å². The van der Waals surface area contributed by atoms with Crippen LogP contribution in [0.25, 0.3) is 5.69 Å². The van der Waals surface area contributed by atoms with Crippen molar-refractivity contribution in [1.29, 1.82) is 0 Å². The van der Waals surface area contributed by atoms with Crippen LogP contribution in [0.15, 0.2) is 73.1 Å². The molecule has 150 valence electrons. The van der Waals surface area contributed by atoms with Crippen molar-refractivity contribution in [3.63, 3.8) is 0 Å². The Morgan fingerprint density at radius 1 is 0.931 bits per heavy atom. The molecule has 0 radical (unpaired) electrons. The van der Waals surface area contributed by atoms with Crippen molar-refractivity contribution in [2.24, 2.45) is 0 Å². The van der Waals surface area contributed by atoms with Gasteiger partial charge in [0.1, 0.15) is 0 Å². The first-order valence-electron chi connectivity index (χ1n) is 10.0. The molecule has 0 N–H and O–H groups in total. The third-order valence-corrected chi connectivity index (χ3v) is 5.35. The van der Waals surface area contributed by atoms with Crippen LogP contribution in [0, 0.1) is 0 Å². The average Bonchev–Trinajstić information content (AvgIpc) is 3.24. The number of carbonyl (C=O) groups excluding carboxylic acids is 1. The van der Waals surface area contributed by atoms with Crippen LogP contribution >= 0.6 is 0 Å². The topological polar surface area (TPSA) is 44.6 Å². The van der Waals surface area contributed by atoms with E-state index in [0.29, 0.717) is 13.1 Å². The molecule has 4 rings (SSSR count). The molecule has 0 bridgehead atoms. The van der Waals surface area contributed by atoms with Gasteiger partial charge in [-0.15, -0.1) is 0 Å². The molecule has 0 spiro atoms. The predicted octanol–water partition coefficient (Wildman–Crippen LogP) is 2.65. The highest BCUT2D eigenvalue weighted by molar-refractivity contribution is 5.78. The molecule has 1 aliphatic rings. The maximum absolute atomic E-state index is 12.7. The van der Waals surface area contributed by atoms with E-state index in [1.54, 1.807) is 4.90 Å². The molecule has 0 atom stereocenters. The lowest BCUT2D eigenvalue weighted by Crippen LogP contribution is -2.49. The highest BCUT2D eigenvalue weighted by Crippen LogP contribution is 2.15. The molecular formula is C23H27N5O. The lowest BCUT2D eigenvalue weighted by Gasteiger charge is -2.36. The normalized spacial score (nSPS) is 14.7. The number of carbonyl (C=O) groups is 1. The molecule has 1 aromatic heterocycles. The highest BCUT2D eigenvalue weighted by atomic mass is 16.2. The third-order valence-electron chi connectivity index (χ3n) is 5.35. The van der Waals surface area contributed by atoms with Gasteiger partial charge in [-0.1, -0.05) is 36.4 Å². The molecule has 2 aromatic carbocycles. The van der Waals surface area contributed by atoms with Gasteiger partial charge in [0.2, 0.25) is 5.91 Å². The lowest BCUT2D eigenvalue weighted by molar-refractivity contribution is -0.131. The van der Waals surface area contributed by atoms with E-state index in [-0.39, 0.29) is 5.91 Å². The zero-order valence-corrected chi connectivity index (χ0v) is 16.8. The first-order chi connectivity index (χ1) is 14.2. The Hall–Kier alpha value is -3.12. The predicted molar refractivity (Wildman–Crippen MR) is 115 cm³/mol. The molecule has 3 aromatic rings. The van der Waals surface area contributed by atoms with Crippen LogP contribution < -0.4 is 4.90 Å². The Labute approximate surface area is 172 Å². The maximum atomic E-state index is 12.7. The molecule has 1 fully saturated rings. The van der Waals surface area contributed by atoms with Crippen molar-refractivity contribution in [2.75, 3.05) is 44.7 Å². The van der Waals surface area contributed by atoms with Crippen molar-refractivity contribution in [3.05, 3.63) is 78.6 Å². The standard InChI is InChI=1S/C23H27N5O/c1-25(17-20-16-24-28(18-20)22-10-6-3-7-11-22)23(29)19-26-12-14-27(15-13-26)21-8-4-2-5-9-21/h2-11,16,18H,12-15,17,19H2,1H3. The number of hydrogen-bond donors (Lipinski definition) is 0. The molecule has 2 heterocycles. The minimum Gasteiger partial charge on any atom is -0.369 e. The van der Waals surface area contributed by atoms with Crippen LogP contribution in [0.3, 0.4) is 0 Å². The first-order valence-corrected chi connectivity index (χ1v) is 10.0. The third kappa shape index (κ3) is 4.84. The summed E-state index contributed by atoms with van der Waals surface area (Å²) in [6.07, 6.45) is 3.81. The zero-order chi connectivity index (χ0) is 20.1. The van der Waals surface area contributed by atoms with Crippen molar-refractivity contribution in [1.82, 2.24) is 19.6 Å². The van der Waals surface area contributed by atoms with Crippen molar-refractivity contribution in [2.45, 2.75) is 6.54 Å². The Balaban J connectivity index is 1.27. The summed E-state index contributed by atoms with van der Waals surface area (Å²) in [6, 6.07) is 20.5. The number of piperazine rings is 1. The van der Waals surface area contributed by atoms with Crippen LogP contribution in [0.2, 0.25) is 0 Å². The summed E-state index contributed by atoms with van der Waals surface area (Å²) in [7, 11) is 1.86. The van der Waals surface area contributed by atoms with Gasteiger partial charge in [0, 0.05) is 57.2 Å². The van der Waals surface area contributed by atoms with Gasteiger partial charge in [-0.25, -0.2) is 4.68 Å². The molecule has 0 aliphatic carbocycles. The van der Waals surface area contributed by atoms with Gasteiger partial charge in [-0.2, -0.15) is 5.10 Å². The van der Waals surface area contributed by atoms with E-state index in [4.69, 9.17) is 0 Å². The smallest absolute Gasteiger partial charge is 0.236 e. The zero-order valence-electron chi connectivity index (χ0n) is 16.8. The van der Waals surface area contributed by atoms with Gasteiger partial charge < -0.3 is 9.80 Å². The number of rotatable bonds is 6. The summed E-state index contributed by atoms with van der Waals surface area (Å²) in [5.41, 5.74) is 3.30. The number of para-hydroxylation sites is 2. The SMILES string of the molecule is CN(Cc1cnn(-c2ccccc2)c1)C(=O)CN1CCN(c2ccccc2)CC1. The second kappa shape index (κ2) is 8.92. The number of likely N-dealkylation sites (N-methyl/N-ethyl adjacent to an activating group) is 1. The van der Waals surface area contributed by atoms with E-state index in [9.17, 15) is 4.79 Å². The number of aromatic nitrogens is 2. The Morgan fingerprint density at radius 3 is 2.21 bits per heavy atom. The summed E-state index contributed by atoms with van der Waals surface area (Å²) < 4.78 is 1.84. The summed E-state index contributed by atoms with van der Waals surface area (Å²) in [6.45, 7) is 4.73. The van der Waals surface area contributed by atoms with Gasteiger partial charge >= 0.3 is 0 Å². The minimum absolute atomic E-state index is 0.144. The summed E-state index contributed by atoms with van der Waals surface area (Å²) in [5, 5.41) is 4.41. The second-order valence-corrected chi connectivity index (χ2v) is 7.48. The quantitative estimate of drug-likeness (QED) is 0.650. The Bertz CT molecular complexity index is 917. The molecule has 0 unspecified atom stereocenters. The van der Waals surface area contributed by atoms with Gasteiger partial charge in [0.15, 0.2) is 0 Å². The van der Waals surface area contributed by atoms with Gasteiger partial charge in [-0.05, 0) is 24.3 Å². The molecule has 1 amide bonds. The van der Waals surface area contributed by atoms with E-state index in [1.807, 2.05) is 60.5 Å². The molecule has 1 aliphatic heterocycles. The van der Waals surface area contributed by atoms with Crippen molar-refractivity contribution < 1.29 is 4.79 Å². The first kappa shape index (κ1) is 19.2. The fourth-order valence-electron chi connectivity index (χ4n) is 3.64. The number of hydrogen-bond acceptors (Lipinski definition) is 4. The van der Waals surface area contributed by atoms with Gasteiger partial charge in [0.25, 0.3) is 0 Å². The van der Waals surface area contributed by atoms with Crippen LogP contribution in [0.5, 0.6) is 0 Å². The van der Waals surface area contributed by atoms with E-state index in [2.05, 4.69) is 39.2 Å². The largest absolute Gasteiger partial charge is 0.369 e. The number of amides is 1.